The molecule has 6 nitrogen and oxygen atoms in total. The highest BCUT2D eigenvalue weighted by Gasteiger charge is 2.19. The van der Waals surface area contributed by atoms with Gasteiger partial charge < -0.3 is 14.6 Å². The number of carbonyl (C=O) groups is 1. The van der Waals surface area contributed by atoms with E-state index in [-0.39, 0.29) is 11.2 Å². The van der Waals surface area contributed by atoms with Gasteiger partial charge in [-0.15, -0.1) is 10.2 Å². The maximum Gasteiger partial charge on any atom is 0.237 e. The van der Waals surface area contributed by atoms with E-state index in [1.165, 1.54) is 17.3 Å². The molecule has 0 bridgehead atoms. The van der Waals surface area contributed by atoms with Crippen LogP contribution < -0.4 is 5.32 Å². The molecular weight excluding hydrogens is 336 g/mol. The van der Waals surface area contributed by atoms with Gasteiger partial charge in [0.15, 0.2) is 5.16 Å². The van der Waals surface area contributed by atoms with Gasteiger partial charge in [0.25, 0.3) is 0 Å². The third-order valence-corrected chi connectivity index (χ3v) is 5.22. The molecule has 0 aliphatic heterocycles. The molecule has 2 unspecified atom stereocenters. The zero-order chi connectivity index (χ0) is 18.2. The molecule has 2 aromatic rings. The molecule has 0 radical (unpaired) electrons. The number of amides is 1. The van der Waals surface area contributed by atoms with Crippen molar-refractivity contribution in [3.63, 3.8) is 0 Å². The van der Waals surface area contributed by atoms with Crippen molar-refractivity contribution in [3.05, 3.63) is 36.2 Å². The number of hydrogen-bond acceptors (Lipinski definition) is 5. The number of rotatable bonds is 9. The van der Waals surface area contributed by atoms with Crippen LogP contribution in [0.2, 0.25) is 0 Å². The third kappa shape index (κ3) is 5.31. The average Bonchev–Trinajstić information content (AvgIpc) is 3.06. The Labute approximate surface area is 153 Å². The van der Waals surface area contributed by atoms with Gasteiger partial charge in [-0.2, -0.15) is 0 Å². The lowest BCUT2D eigenvalue weighted by Gasteiger charge is -2.17. The molecule has 0 saturated heterocycles. The van der Waals surface area contributed by atoms with Crippen molar-refractivity contribution in [1.82, 2.24) is 14.8 Å². The predicted octanol–water partition coefficient (Wildman–Crippen LogP) is 3.56. The molecule has 7 heteroatoms. The van der Waals surface area contributed by atoms with E-state index in [2.05, 4.69) is 35.4 Å². The molecule has 0 fully saturated rings. The molecule has 1 amide bonds. The summed E-state index contributed by atoms with van der Waals surface area (Å²) in [5.74, 6) is 0.360. The van der Waals surface area contributed by atoms with Crippen molar-refractivity contribution in [2.75, 3.05) is 19.0 Å². The summed E-state index contributed by atoms with van der Waals surface area (Å²) >= 11 is 1.40. The summed E-state index contributed by atoms with van der Waals surface area (Å²) in [5.41, 5.74) is 2.05. The van der Waals surface area contributed by atoms with Gasteiger partial charge >= 0.3 is 0 Å². The Bertz CT molecular complexity index is 689. The van der Waals surface area contributed by atoms with Crippen molar-refractivity contribution in [1.29, 1.82) is 0 Å². The van der Waals surface area contributed by atoms with Crippen LogP contribution in [0.3, 0.4) is 0 Å². The quantitative estimate of drug-likeness (QED) is 0.691. The highest BCUT2D eigenvalue weighted by molar-refractivity contribution is 8.00. The molecule has 1 N–H and O–H groups in total. The van der Waals surface area contributed by atoms with Crippen LogP contribution in [0.15, 0.2) is 35.7 Å². The minimum Gasteiger partial charge on any atom is -0.383 e. The molecule has 2 rings (SSSR count). The number of anilines is 1. The van der Waals surface area contributed by atoms with E-state index in [0.29, 0.717) is 19.1 Å². The SMILES string of the molecule is CCC(C)c1ccccc1NC(=O)C(C)Sc1nncn1CCOC. The van der Waals surface area contributed by atoms with Gasteiger partial charge in [0.1, 0.15) is 6.33 Å². The summed E-state index contributed by atoms with van der Waals surface area (Å²) in [6.07, 6.45) is 2.68. The van der Waals surface area contributed by atoms with Crippen molar-refractivity contribution in [3.8, 4) is 0 Å². The number of benzene rings is 1. The number of carbonyl (C=O) groups excluding carboxylic acids is 1. The Hall–Kier alpha value is -1.86. The monoisotopic (exact) mass is 362 g/mol. The Balaban J connectivity index is 2.03. The first kappa shape index (κ1) is 19.5. The zero-order valence-corrected chi connectivity index (χ0v) is 16.0. The van der Waals surface area contributed by atoms with Crippen LogP contribution in [0.5, 0.6) is 0 Å². The number of hydrogen-bond donors (Lipinski definition) is 1. The summed E-state index contributed by atoms with van der Waals surface area (Å²) in [6.45, 7) is 7.43. The van der Waals surface area contributed by atoms with Crippen LogP contribution in [-0.4, -0.2) is 39.6 Å². The van der Waals surface area contributed by atoms with E-state index in [9.17, 15) is 4.79 Å². The molecule has 0 saturated carbocycles. The number of thioether (sulfide) groups is 1. The minimum absolute atomic E-state index is 0.0398. The smallest absolute Gasteiger partial charge is 0.237 e. The number of para-hydroxylation sites is 1. The lowest BCUT2D eigenvalue weighted by molar-refractivity contribution is -0.115. The van der Waals surface area contributed by atoms with Gasteiger partial charge in [-0.25, -0.2) is 0 Å². The lowest BCUT2D eigenvalue weighted by Crippen LogP contribution is -2.24. The van der Waals surface area contributed by atoms with Gasteiger partial charge in [-0.3, -0.25) is 4.79 Å². The van der Waals surface area contributed by atoms with Crippen LogP contribution in [0, 0.1) is 0 Å². The summed E-state index contributed by atoms with van der Waals surface area (Å²) in [4.78, 5) is 12.6. The molecule has 1 aromatic heterocycles. The van der Waals surface area contributed by atoms with Crippen molar-refractivity contribution < 1.29 is 9.53 Å². The fourth-order valence-electron chi connectivity index (χ4n) is 2.39. The molecule has 1 heterocycles. The maximum absolute atomic E-state index is 12.6. The molecule has 0 spiro atoms. The largest absolute Gasteiger partial charge is 0.383 e. The van der Waals surface area contributed by atoms with Crippen LogP contribution in [-0.2, 0) is 16.1 Å². The fraction of sp³-hybridized carbons (Fsp3) is 0.500. The summed E-state index contributed by atoms with van der Waals surface area (Å²) in [7, 11) is 1.65. The van der Waals surface area contributed by atoms with Crippen molar-refractivity contribution >= 4 is 23.4 Å². The second-order valence-electron chi connectivity index (χ2n) is 5.95. The highest BCUT2D eigenvalue weighted by Crippen LogP contribution is 2.28. The number of methoxy groups -OCH3 is 1. The predicted molar refractivity (Wildman–Crippen MR) is 101 cm³/mol. The van der Waals surface area contributed by atoms with E-state index in [4.69, 9.17) is 4.74 Å². The summed E-state index contributed by atoms with van der Waals surface area (Å²) in [5, 5.41) is 11.5. The molecular formula is C18H26N4O2S. The van der Waals surface area contributed by atoms with E-state index < -0.39 is 0 Å². The summed E-state index contributed by atoms with van der Waals surface area (Å²) in [6, 6.07) is 7.98. The van der Waals surface area contributed by atoms with E-state index >= 15 is 0 Å². The maximum atomic E-state index is 12.6. The molecule has 0 aliphatic rings. The van der Waals surface area contributed by atoms with Crippen molar-refractivity contribution in [2.45, 2.75) is 50.1 Å². The number of ether oxygens (including phenoxy) is 1. The number of nitrogens with one attached hydrogen (secondary N) is 1. The first-order valence-corrected chi connectivity index (χ1v) is 9.38. The van der Waals surface area contributed by atoms with E-state index in [1.54, 1.807) is 13.4 Å². The van der Waals surface area contributed by atoms with Gasteiger partial charge in [-0.1, -0.05) is 43.8 Å². The van der Waals surface area contributed by atoms with Crippen molar-refractivity contribution in [2.24, 2.45) is 0 Å². The van der Waals surface area contributed by atoms with Gasteiger partial charge in [-0.05, 0) is 30.9 Å². The van der Waals surface area contributed by atoms with Crippen LogP contribution in [0.1, 0.15) is 38.7 Å². The second kappa shape index (κ2) is 9.58. The Morgan fingerprint density at radius 2 is 2.12 bits per heavy atom. The van der Waals surface area contributed by atoms with Crippen LogP contribution in [0.25, 0.3) is 0 Å². The first-order valence-electron chi connectivity index (χ1n) is 8.50. The molecule has 2 atom stereocenters. The average molecular weight is 362 g/mol. The van der Waals surface area contributed by atoms with Crippen LogP contribution >= 0.6 is 11.8 Å². The van der Waals surface area contributed by atoms with Gasteiger partial charge in [0.05, 0.1) is 11.9 Å². The first-order chi connectivity index (χ1) is 12.1. The zero-order valence-electron chi connectivity index (χ0n) is 15.2. The molecule has 0 aliphatic carbocycles. The number of nitrogens with zero attached hydrogens (tertiary/aromatic N) is 3. The third-order valence-electron chi connectivity index (χ3n) is 4.13. The topological polar surface area (TPSA) is 69.0 Å². The van der Waals surface area contributed by atoms with E-state index in [1.807, 2.05) is 29.7 Å². The van der Waals surface area contributed by atoms with Gasteiger partial charge in [0.2, 0.25) is 5.91 Å². The summed E-state index contributed by atoms with van der Waals surface area (Å²) < 4.78 is 6.98. The number of aromatic nitrogens is 3. The highest BCUT2D eigenvalue weighted by atomic mass is 32.2. The Morgan fingerprint density at radius 3 is 2.84 bits per heavy atom. The molecule has 25 heavy (non-hydrogen) atoms. The Kier molecular flexibility index (Phi) is 7.46. The van der Waals surface area contributed by atoms with Crippen LogP contribution in [0.4, 0.5) is 5.69 Å². The lowest BCUT2D eigenvalue weighted by atomic mass is 9.97. The second-order valence-corrected chi connectivity index (χ2v) is 7.25. The molecule has 1 aromatic carbocycles. The normalized spacial score (nSPS) is 13.4. The minimum atomic E-state index is -0.282. The fourth-order valence-corrected chi connectivity index (χ4v) is 3.24. The Morgan fingerprint density at radius 1 is 1.36 bits per heavy atom. The van der Waals surface area contributed by atoms with E-state index in [0.717, 1.165) is 17.3 Å². The van der Waals surface area contributed by atoms with Gasteiger partial charge in [0, 0.05) is 19.3 Å². The standard InChI is InChI=1S/C18H26N4O2S/c1-5-13(2)15-8-6-7-9-16(15)20-17(23)14(3)25-18-21-19-12-22(18)10-11-24-4/h6-9,12-14H,5,10-11H2,1-4H3,(H,20,23). The molecule has 136 valence electrons.